The Morgan fingerprint density at radius 1 is 1.46 bits per heavy atom. The molecule has 0 aliphatic carbocycles. The number of ether oxygens (including phenoxy) is 1. The van der Waals surface area contributed by atoms with Crippen molar-refractivity contribution in [3.8, 4) is 11.5 Å². The molecule has 1 aromatic rings. The summed E-state index contributed by atoms with van der Waals surface area (Å²) in [7, 11) is 3.52. The van der Waals surface area contributed by atoms with Gasteiger partial charge in [-0.05, 0) is 18.2 Å². The number of hydrogen-bond donors (Lipinski definition) is 1. The van der Waals surface area contributed by atoms with Crippen LogP contribution >= 0.6 is 9.47 Å². The molecule has 4 nitrogen and oxygen atoms in total. The highest BCUT2D eigenvalue weighted by Crippen LogP contribution is 2.29. The van der Waals surface area contributed by atoms with Crippen LogP contribution in [0.4, 0.5) is 0 Å². The molecule has 0 saturated heterocycles. The molecular formula is C8H9O4P. The van der Waals surface area contributed by atoms with Gasteiger partial charge in [0.1, 0.15) is 0 Å². The number of methoxy groups -OCH3 is 1. The lowest BCUT2D eigenvalue weighted by Crippen LogP contribution is -1.97. The molecule has 1 unspecified atom stereocenters. The summed E-state index contributed by atoms with van der Waals surface area (Å²) in [6.45, 7) is 0. The second-order valence-electron chi connectivity index (χ2n) is 2.29. The minimum Gasteiger partial charge on any atom is -0.493 e. The van der Waals surface area contributed by atoms with E-state index in [2.05, 4.69) is 9.47 Å². The van der Waals surface area contributed by atoms with Crippen molar-refractivity contribution in [3.05, 3.63) is 23.8 Å². The highest BCUT2D eigenvalue weighted by atomic mass is 31.0. The smallest absolute Gasteiger partial charge is 0.335 e. The van der Waals surface area contributed by atoms with E-state index in [1.54, 1.807) is 0 Å². The third kappa shape index (κ3) is 2.10. The van der Waals surface area contributed by atoms with Gasteiger partial charge in [0, 0.05) is 0 Å². The first-order chi connectivity index (χ1) is 6.19. The molecule has 0 bridgehead atoms. The molecule has 0 fully saturated rings. The minimum absolute atomic E-state index is 0.169. The van der Waals surface area contributed by atoms with E-state index in [-0.39, 0.29) is 5.56 Å². The quantitative estimate of drug-likeness (QED) is 0.752. The molecule has 1 N–H and O–H groups in total. The van der Waals surface area contributed by atoms with Crippen LogP contribution in [0.15, 0.2) is 18.2 Å². The second kappa shape index (κ2) is 4.10. The minimum atomic E-state index is -0.992. The van der Waals surface area contributed by atoms with Crippen molar-refractivity contribution in [2.75, 3.05) is 7.11 Å². The Labute approximate surface area is 77.8 Å². The highest BCUT2D eigenvalue weighted by molar-refractivity contribution is 7.10. The lowest BCUT2D eigenvalue weighted by Gasteiger charge is -2.06. The van der Waals surface area contributed by atoms with Crippen molar-refractivity contribution in [1.82, 2.24) is 0 Å². The molecule has 0 aliphatic heterocycles. The topological polar surface area (TPSA) is 55.8 Å². The fourth-order valence-corrected chi connectivity index (χ4v) is 1.09. The van der Waals surface area contributed by atoms with Gasteiger partial charge in [0.05, 0.1) is 22.1 Å². The summed E-state index contributed by atoms with van der Waals surface area (Å²) in [6, 6.07) is 4.39. The van der Waals surface area contributed by atoms with Gasteiger partial charge in [-0.3, -0.25) is 0 Å². The van der Waals surface area contributed by atoms with Crippen LogP contribution in [-0.4, -0.2) is 18.2 Å². The molecule has 1 aromatic carbocycles. The van der Waals surface area contributed by atoms with Crippen molar-refractivity contribution >= 4 is 15.4 Å². The van der Waals surface area contributed by atoms with E-state index in [9.17, 15) is 4.79 Å². The predicted octanol–water partition coefficient (Wildman–Crippen LogP) is 1.56. The number of aromatic carboxylic acids is 1. The molecule has 70 valence electrons. The van der Waals surface area contributed by atoms with E-state index in [1.165, 1.54) is 25.3 Å². The van der Waals surface area contributed by atoms with Gasteiger partial charge in [-0.25, -0.2) is 4.79 Å². The molecule has 0 spiro atoms. The molecule has 0 aliphatic rings. The highest BCUT2D eigenvalue weighted by Gasteiger charge is 2.08. The summed E-state index contributed by atoms with van der Waals surface area (Å²) in [5.41, 5.74) is 0.169. The van der Waals surface area contributed by atoms with Crippen molar-refractivity contribution < 1.29 is 19.2 Å². The number of carboxylic acid groups (broad SMARTS) is 1. The Hall–Kier alpha value is -1.28. The van der Waals surface area contributed by atoms with Crippen LogP contribution in [0.1, 0.15) is 10.4 Å². The normalized spacial score (nSPS) is 9.38. The number of carbonyl (C=O) groups is 1. The first-order valence-electron chi connectivity index (χ1n) is 3.47. The Bertz CT molecular complexity index is 324. The number of carboxylic acids is 1. The van der Waals surface area contributed by atoms with Gasteiger partial charge in [-0.1, -0.05) is 0 Å². The monoisotopic (exact) mass is 200 g/mol. The van der Waals surface area contributed by atoms with Crippen LogP contribution in [-0.2, 0) is 0 Å². The maximum absolute atomic E-state index is 10.6. The SMILES string of the molecule is COc1cc(C(=O)O)ccc1OP. The van der Waals surface area contributed by atoms with Gasteiger partial charge in [-0.15, -0.1) is 0 Å². The van der Waals surface area contributed by atoms with Crippen LogP contribution in [0.2, 0.25) is 0 Å². The average Bonchev–Trinajstić information content (AvgIpc) is 2.16. The van der Waals surface area contributed by atoms with Gasteiger partial charge in [0.25, 0.3) is 0 Å². The van der Waals surface area contributed by atoms with Gasteiger partial charge < -0.3 is 14.4 Å². The molecule has 1 rings (SSSR count). The summed E-state index contributed by atoms with van der Waals surface area (Å²) in [4.78, 5) is 10.6. The maximum atomic E-state index is 10.6. The van der Waals surface area contributed by atoms with E-state index in [4.69, 9.17) is 14.4 Å². The molecule has 0 amide bonds. The molecule has 0 saturated carbocycles. The first kappa shape index (κ1) is 9.81. The van der Waals surface area contributed by atoms with Crippen LogP contribution in [0.25, 0.3) is 0 Å². The van der Waals surface area contributed by atoms with Crippen LogP contribution in [0.5, 0.6) is 11.5 Å². The zero-order chi connectivity index (χ0) is 9.84. The summed E-state index contributed by atoms with van der Waals surface area (Å²) >= 11 is 0. The Kier molecular flexibility index (Phi) is 3.09. The van der Waals surface area contributed by atoms with E-state index in [1.807, 2.05) is 0 Å². The van der Waals surface area contributed by atoms with E-state index in [0.29, 0.717) is 11.5 Å². The predicted molar refractivity (Wildman–Crippen MR) is 50.3 cm³/mol. The summed E-state index contributed by atoms with van der Waals surface area (Å²) in [5.74, 6) is -0.110. The zero-order valence-corrected chi connectivity index (χ0v) is 8.14. The van der Waals surface area contributed by atoms with E-state index >= 15 is 0 Å². The molecule has 1 atom stereocenters. The summed E-state index contributed by atoms with van der Waals surface area (Å²) in [5, 5.41) is 8.67. The third-order valence-electron chi connectivity index (χ3n) is 1.54. The molecule has 5 heteroatoms. The average molecular weight is 200 g/mol. The van der Waals surface area contributed by atoms with Crippen molar-refractivity contribution in [2.45, 2.75) is 0 Å². The second-order valence-corrected chi connectivity index (χ2v) is 2.52. The lowest BCUT2D eigenvalue weighted by molar-refractivity contribution is 0.0696. The number of benzene rings is 1. The molecule has 13 heavy (non-hydrogen) atoms. The molecule has 0 heterocycles. The summed E-state index contributed by atoms with van der Waals surface area (Å²) in [6.07, 6.45) is 0. The van der Waals surface area contributed by atoms with Crippen LogP contribution < -0.4 is 9.26 Å². The van der Waals surface area contributed by atoms with Crippen LogP contribution in [0.3, 0.4) is 0 Å². The van der Waals surface area contributed by atoms with Gasteiger partial charge in [0.15, 0.2) is 11.5 Å². The molecule has 0 aromatic heterocycles. The summed E-state index contributed by atoms with van der Waals surface area (Å²) < 4.78 is 9.80. The van der Waals surface area contributed by atoms with Crippen molar-refractivity contribution in [1.29, 1.82) is 0 Å². The molecular weight excluding hydrogens is 191 g/mol. The molecule has 0 radical (unpaired) electrons. The Balaban J connectivity index is 3.13. The largest absolute Gasteiger partial charge is 0.493 e. The van der Waals surface area contributed by atoms with E-state index < -0.39 is 5.97 Å². The van der Waals surface area contributed by atoms with Crippen LogP contribution in [0, 0.1) is 0 Å². The Morgan fingerprint density at radius 3 is 2.62 bits per heavy atom. The van der Waals surface area contributed by atoms with Crippen molar-refractivity contribution in [3.63, 3.8) is 0 Å². The fourth-order valence-electron chi connectivity index (χ4n) is 0.898. The maximum Gasteiger partial charge on any atom is 0.335 e. The number of rotatable bonds is 3. The number of hydrogen-bond acceptors (Lipinski definition) is 3. The fraction of sp³-hybridized carbons (Fsp3) is 0.125. The standard InChI is InChI=1S/C8H9O4P/c1-11-7-4-5(8(9)10)2-3-6(7)12-13/h2-4H,13H2,1H3,(H,9,10). The van der Waals surface area contributed by atoms with E-state index in [0.717, 1.165) is 0 Å². The van der Waals surface area contributed by atoms with Crippen molar-refractivity contribution in [2.24, 2.45) is 0 Å². The zero-order valence-electron chi connectivity index (χ0n) is 6.98. The third-order valence-corrected chi connectivity index (χ3v) is 1.79. The lowest BCUT2D eigenvalue weighted by atomic mass is 10.2. The van der Waals surface area contributed by atoms with Gasteiger partial charge in [-0.2, -0.15) is 0 Å². The van der Waals surface area contributed by atoms with Gasteiger partial charge >= 0.3 is 5.97 Å². The van der Waals surface area contributed by atoms with Gasteiger partial charge in [0.2, 0.25) is 0 Å². The first-order valence-corrected chi connectivity index (χ1v) is 3.94. The Morgan fingerprint density at radius 2 is 2.15 bits per heavy atom.